The number of piperidine rings is 1. The quantitative estimate of drug-likeness (QED) is 0.892. The molecule has 5 heteroatoms. The maximum atomic E-state index is 13.1. The van der Waals surface area contributed by atoms with E-state index in [4.69, 9.17) is 0 Å². The number of halogens is 2. The topological polar surface area (TPSA) is 41.1 Å². The Balaban J connectivity index is 1.46. The van der Waals surface area contributed by atoms with Crippen LogP contribution in [-0.2, 0) is 11.2 Å². The summed E-state index contributed by atoms with van der Waals surface area (Å²) in [5, 5.41) is 6.21. The summed E-state index contributed by atoms with van der Waals surface area (Å²) in [5.74, 6) is -0.933. The molecule has 0 bridgehead atoms. The van der Waals surface area contributed by atoms with E-state index in [1.54, 1.807) is 0 Å². The summed E-state index contributed by atoms with van der Waals surface area (Å²) in [6.45, 7) is 2.41. The fraction of sp³-hybridized carbons (Fsp3) is 0.562. The second kappa shape index (κ2) is 5.72. The molecule has 1 atom stereocenters. The van der Waals surface area contributed by atoms with Gasteiger partial charge in [0.1, 0.15) is 11.6 Å². The molecule has 1 heterocycles. The zero-order valence-corrected chi connectivity index (χ0v) is 11.9. The van der Waals surface area contributed by atoms with Crippen molar-refractivity contribution in [2.75, 3.05) is 19.6 Å². The second-order valence-corrected chi connectivity index (χ2v) is 6.19. The zero-order valence-electron chi connectivity index (χ0n) is 11.9. The predicted molar refractivity (Wildman–Crippen MR) is 75.7 cm³/mol. The fourth-order valence-electron chi connectivity index (χ4n) is 3.40. The summed E-state index contributed by atoms with van der Waals surface area (Å²) in [6.07, 6.45) is 3.57. The van der Waals surface area contributed by atoms with Crippen molar-refractivity contribution in [1.82, 2.24) is 10.6 Å². The Hall–Kier alpha value is -1.49. The van der Waals surface area contributed by atoms with E-state index in [0.717, 1.165) is 38.4 Å². The molecule has 1 spiro atoms. The molecule has 0 unspecified atom stereocenters. The Bertz CT molecular complexity index is 521. The lowest BCUT2D eigenvalue weighted by Gasteiger charge is -2.23. The van der Waals surface area contributed by atoms with Gasteiger partial charge in [0.15, 0.2) is 0 Å². The summed E-state index contributed by atoms with van der Waals surface area (Å²) in [7, 11) is 0. The third kappa shape index (κ3) is 3.23. The first-order valence-electron chi connectivity index (χ1n) is 7.52. The Kier molecular flexibility index (Phi) is 3.93. The van der Waals surface area contributed by atoms with Gasteiger partial charge >= 0.3 is 0 Å². The first-order valence-corrected chi connectivity index (χ1v) is 7.52. The molecule has 1 amide bonds. The fourth-order valence-corrected chi connectivity index (χ4v) is 3.40. The molecule has 1 aromatic carbocycles. The Morgan fingerprint density at radius 1 is 1.24 bits per heavy atom. The Morgan fingerprint density at radius 2 is 1.90 bits per heavy atom. The van der Waals surface area contributed by atoms with Crippen LogP contribution in [0.1, 0.15) is 24.8 Å². The first-order chi connectivity index (χ1) is 10.1. The number of benzene rings is 1. The highest BCUT2D eigenvalue weighted by atomic mass is 19.1. The minimum absolute atomic E-state index is 0.0915. The molecule has 1 saturated heterocycles. The zero-order chi connectivity index (χ0) is 14.9. The van der Waals surface area contributed by atoms with Crippen molar-refractivity contribution in [1.29, 1.82) is 0 Å². The molecule has 21 heavy (non-hydrogen) atoms. The van der Waals surface area contributed by atoms with Gasteiger partial charge in [-0.2, -0.15) is 0 Å². The summed E-state index contributed by atoms with van der Waals surface area (Å²) in [6, 6.07) is 3.47. The van der Waals surface area contributed by atoms with Crippen molar-refractivity contribution in [2.45, 2.75) is 25.7 Å². The molecule has 2 fully saturated rings. The van der Waals surface area contributed by atoms with Crippen molar-refractivity contribution in [3.63, 3.8) is 0 Å². The van der Waals surface area contributed by atoms with Crippen molar-refractivity contribution in [2.24, 2.45) is 11.3 Å². The van der Waals surface area contributed by atoms with Crippen molar-refractivity contribution in [3.8, 4) is 0 Å². The van der Waals surface area contributed by atoms with Gasteiger partial charge in [-0.05, 0) is 61.9 Å². The molecule has 2 N–H and O–H groups in total. The number of carbonyl (C=O) groups is 1. The van der Waals surface area contributed by atoms with Crippen LogP contribution in [-0.4, -0.2) is 25.5 Å². The lowest BCUT2D eigenvalue weighted by molar-refractivity contribution is -0.123. The number of hydrogen-bond acceptors (Lipinski definition) is 2. The van der Waals surface area contributed by atoms with E-state index in [1.807, 2.05) is 0 Å². The van der Waals surface area contributed by atoms with E-state index in [1.165, 1.54) is 12.1 Å². The number of nitrogens with one attached hydrogen (secondary N) is 2. The van der Waals surface area contributed by atoms with E-state index in [2.05, 4.69) is 10.6 Å². The number of carbonyl (C=O) groups excluding carboxylic acids is 1. The van der Waals surface area contributed by atoms with Crippen LogP contribution in [0.3, 0.4) is 0 Å². The smallest absolute Gasteiger partial charge is 0.223 e. The van der Waals surface area contributed by atoms with Crippen molar-refractivity contribution in [3.05, 3.63) is 35.4 Å². The van der Waals surface area contributed by atoms with Gasteiger partial charge in [-0.3, -0.25) is 4.79 Å². The summed E-state index contributed by atoms with van der Waals surface area (Å²) >= 11 is 0. The summed E-state index contributed by atoms with van der Waals surface area (Å²) in [4.78, 5) is 12.1. The van der Waals surface area contributed by atoms with Gasteiger partial charge in [0, 0.05) is 18.5 Å². The van der Waals surface area contributed by atoms with Gasteiger partial charge in [0.05, 0.1) is 0 Å². The number of rotatable bonds is 4. The maximum absolute atomic E-state index is 13.1. The maximum Gasteiger partial charge on any atom is 0.223 e. The molecule has 1 aliphatic heterocycles. The minimum atomic E-state index is -0.577. The number of amides is 1. The second-order valence-electron chi connectivity index (χ2n) is 6.19. The standard InChI is InChI=1S/C16H20F2N2O/c17-12-7-11(8-13(18)9-12)1-4-20-15(21)14-10-16(14)2-5-19-6-3-16/h7-9,14,19H,1-6,10H2,(H,20,21)/t14-/m1/s1. The van der Waals surface area contributed by atoms with Crippen LogP contribution < -0.4 is 10.6 Å². The van der Waals surface area contributed by atoms with Gasteiger partial charge in [-0.25, -0.2) is 8.78 Å². The molecular formula is C16H20F2N2O. The van der Waals surface area contributed by atoms with Crippen LogP contribution in [0.5, 0.6) is 0 Å². The average molecular weight is 294 g/mol. The van der Waals surface area contributed by atoms with E-state index < -0.39 is 11.6 Å². The molecule has 114 valence electrons. The van der Waals surface area contributed by atoms with Crippen LogP contribution in [0.2, 0.25) is 0 Å². The summed E-state index contributed by atoms with van der Waals surface area (Å²) in [5.41, 5.74) is 0.792. The largest absolute Gasteiger partial charge is 0.356 e. The molecule has 0 aromatic heterocycles. The van der Waals surface area contributed by atoms with Crippen molar-refractivity contribution < 1.29 is 13.6 Å². The van der Waals surface area contributed by atoms with E-state index in [9.17, 15) is 13.6 Å². The van der Waals surface area contributed by atoms with Crippen LogP contribution in [0, 0.1) is 23.0 Å². The van der Waals surface area contributed by atoms with E-state index >= 15 is 0 Å². The highest BCUT2D eigenvalue weighted by Crippen LogP contribution is 2.58. The molecule has 0 radical (unpaired) electrons. The van der Waals surface area contributed by atoms with Gasteiger partial charge < -0.3 is 10.6 Å². The highest BCUT2D eigenvalue weighted by molar-refractivity contribution is 5.82. The monoisotopic (exact) mass is 294 g/mol. The molecule has 3 rings (SSSR count). The van der Waals surface area contributed by atoms with Gasteiger partial charge in [0.25, 0.3) is 0 Å². The predicted octanol–water partition coefficient (Wildman–Crippen LogP) is 2.01. The molecule has 1 aliphatic carbocycles. The third-order valence-corrected chi connectivity index (χ3v) is 4.74. The van der Waals surface area contributed by atoms with Gasteiger partial charge in [-0.15, -0.1) is 0 Å². The van der Waals surface area contributed by atoms with E-state index in [0.29, 0.717) is 18.5 Å². The van der Waals surface area contributed by atoms with Gasteiger partial charge in [-0.1, -0.05) is 0 Å². The van der Waals surface area contributed by atoms with Crippen LogP contribution in [0.25, 0.3) is 0 Å². The number of hydrogen-bond donors (Lipinski definition) is 2. The van der Waals surface area contributed by atoms with Crippen LogP contribution in [0.15, 0.2) is 18.2 Å². The normalized spacial score (nSPS) is 23.0. The van der Waals surface area contributed by atoms with E-state index in [-0.39, 0.29) is 17.2 Å². The SMILES string of the molecule is O=C(NCCc1cc(F)cc(F)c1)[C@H]1CC12CCNCC2. The molecular weight excluding hydrogens is 274 g/mol. The van der Waals surface area contributed by atoms with Crippen molar-refractivity contribution >= 4 is 5.91 Å². The third-order valence-electron chi connectivity index (χ3n) is 4.74. The lowest BCUT2D eigenvalue weighted by Crippen LogP contribution is -2.34. The average Bonchev–Trinajstić information content (AvgIpc) is 3.12. The Labute approximate surface area is 123 Å². The van der Waals surface area contributed by atoms with Gasteiger partial charge in [0.2, 0.25) is 5.91 Å². The minimum Gasteiger partial charge on any atom is -0.356 e. The molecule has 1 aromatic rings. The summed E-state index contributed by atoms with van der Waals surface area (Å²) < 4.78 is 26.1. The van der Waals surface area contributed by atoms with Crippen LogP contribution in [0.4, 0.5) is 8.78 Å². The van der Waals surface area contributed by atoms with Crippen LogP contribution >= 0.6 is 0 Å². The molecule has 3 nitrogen and oxygen atoms in total. The Morgan fingerprint density at radius 3 is 2.57 bits per heavy atom. The highest BCUT2D eigenvalue weighted by Gasteiger charge is 2.57. The lowest BCUT2D eigenvalue weighted by atomic mass is 9.92. The first kappa shape index (κ1) is 14.4. The molecule has 1 saturated carbocycles. The molecule has 2 aliphatic rings.